The van der Waals surface area contributed by atoms with Crippen molar-refractivity contribution < 1.29 is 4.42 Å². The Morgan fingerprint density at radius 2 is 1.21 bits per heavy atom. The zero-order valence-corrected chi connectivity index (χ0v) is 25.3. The fourth-order valence-corrected chi connectivity index (χ4v) is 7.56. The van der Waals surface area contributed by atoms with Crippen molar-refractivity contribution in [3.63, 3.8) is 0 Å². The number of nitrogens with zero attached hydrogens (tertiary/aromatic N) is 1. The van der Waals surface area contributed by atoms with Gasteiger partial charge in [0, 0.05) is 32.1 Å². The van der Waals surface area contributed by atoms with Gasteiger partial charge in [-0.1, -0.05) is 118 Å². The summed E-state index contributed by atoms with van der Waals surface area (Å²) in [6.07, 6.45) is 0. The minimum atomic E-state index is -0.0385. The molecule has 0 aliphatic heterocycles. The third kappa shape index (κ3) is 4.23. The lowest BCUT2D eigenvalue weighted by Crippen LogP contribution is -2.11. The molecule has 8 rings (SSSR count). The number of hydrogen-bond donors (Lipinski definition) is 0. The molecule has 0 unspecified atom stereocenters. The quantitative estimate of drug-likeness (QED) is 0.208. The molecule has 0 radical (unpaired) electrons. The van der Waals surface area contributed by atoms with Crippen LogP contribution >= 0.6 is 11.3 Å². The summed E-state index contributed by atoms with van der Waals surface area (Å²) in [5, 5.41) is 4.86. The summed E-state index contributed by atoms with van der Waals surface area (Å²) >= 11 is 1.86. The van der Waals surface area contributed by atoms with Gasteiger partial charge in [0.15, 0.2) is 0 Å². The van der Waals surface area contributed by atoms with E-state index in [0.29, 0.717) is 0 Å². The molecule has 2 aromatic heterocycles. The third-order valence-electron chi connectivity index (χ3n) is 8.41. The van der Waals surface area contributed by atoms with E-state index >= 15 is 0 Å². The van der Waals surface area contributed by atoms with Crippen molar-refractivity contribution in [2.45, 2.75) is 26.2 Å². The van der Waals surface area contributed by atoms with E-state index in [-0.39, 0.29) is 5.41 Å². The number of hydrogen-bond acceptors (Lipinski definition) is 3. The van der Waals surface area contributed by atoms with E-state index in [1.54, 1.807) is 0 Å². The van der Waals surface area contributed by atoms with Crippen molar-refractivity contribution in [2.75, 3.05) is 4.90 Å². The molecular formula is C40H31NOS. The Kier molecular flexibility index (Phi) is 5.92. The van der Waals surface area contributed by atoms with Gasteiger partial charge in [-0.25, -0.2) is 0 Å². The molecule has 0 saturated heterocycles. The summed E-state index contributed by atoms with van der Waals surface area (Å²) in [5.74, 6) is 0. The summed E-state index contributed by atoms with van der Waals surface area (Å²) in [7, 11) is 0. The molecule has 0 saturated carbocycles. The number of thiophene rings is 1. The van der Waals surface area contributed by atoms with E-state index < -0.39 is 0 Å². The van der Waals surface area contributed by atoms with Crippen molar-refractivity contribution in [1.29, 1.82) is 0 Å². The highest BCUT2D eigenvalue weighted by Crippen LogP contribution is 2.48. The average Bonchev–Trinajstić information content (AvgIpc) is 3.61. The summed E-state index contributed by atoms with van der Waals surface area (Å²) in [4.78, 5) is 2.42. The molecule has 43 heavy (non-hydrogen) atoms. The molecule has 0 aliphatic carbocycles. The van der Waals surface area contributed by atoms with Crippen LogP contribution in [0.15, 0.2) is 138 Å². The Morgan fingerprint density at radius 3 is 2.02 bits per heavy atom. The van der Waals surface area contributed by atoms with Gasteiger partial charge in [-0.2, -0.15) is 0 Å². The van der Waals surface area contributed by atoms with Gasteiger partial charge in [0.1, 0.15) is 11.2 Å². The average molecular weight is 574 g/mol. The number of para-hydroxylation sites is 1. The van der Waals surface area contributed by atoms with Crippen LogP contribution in [0.4, 0.5) is 17.1 Å². The van der Waals surface area contributed by atoms with E-state index in [9.17, 15) is 0 Å². The zero-order chi connectivity index (χ0) is 29.1. The molecule has 0 amide bonds. The Labute approximate surface area is 255 Å². The van der Waals surface area contributed by atoms with Crippen molar-refractivity contribution in [3.05, 3.63) is 139 Å². The van der Waals surface area contributed by atoms with E-state index in [1.165, 1.54) is 42.6 Å². The van der Waals surface area contributed by atoms with Crippen molar-refractivity contribution in [1.82, 2.24) is 0 Å². The lowest BCUT2D eigenvalue weighted by molar-refractivity contribution is 0.573. The Hall–Kier alpha value is -4.86. The van der Waals surface area contributed by atoms with Crippen LogP contribution in [0.25, 0.3) is 53.2 Å². The topological polar surface area (TPSA) is 16.4 Å². The molecule has 8 aromatic rings. The fraction of sp³-hybridized carbons (Fsp3) is 0.100. The smallest absolute Gasteiger partial charge is 0.139 e. The van der Waals surface area contributed by atoms with E-state index in [4.69, 9.17) is 4.42 Å². The Balaban J connectivity index is 1.42. The summed E-state index contributed by atoms with van der Waals surface area (Å²) in [5.41, 5.74) is 8.85. The molecule has 0 atom stereocenters. The van der Waals surface area contributed by atoms with Gasteiger partial charge < -0.3 is 9.32 Å². The van der Waals surface area contributed by atoms with Crippen molar-refractivity contribution in [3.8, 4) is 11.1 Å². The number of rotatable bonds is 4. The van der Waals surface area contributed by atoms with Crippen molar-refractivity contribution in [2.24, 2.45) is 0 Å². The number of fused-ring (bicyclic) bond motifs is 6. The SMILES string of the molecule is CC(C)(C)c1cccc2c1oc1cccc(N(c3ccc(-c4ccccc4)cc3)c3cccc4c3sc3ccccc34)c12. The predicted molar refractivity (Wildman–Crippen MR) is 185 cm³/mol. The number of benzene rings is 6. The third-order valence-corrected chi connectivity index (χ3v) is 9.62. The maximum atomic E-state index is 6.66. The molecule has 3 heteroatoms. The molecule has 0 aliphatic rings. The molecule has 208 valence electrons. The minimum absolute atomic E-state index is 0.0385. The Morgan fingerprint density at radius 1 is 0.558 bits per heavy atom. The largest absolute Gasteiger partial charge is 0.456 e. The maximum Gasteiger partial charge on any atom is 0.139 e. The highest BCUT2D eigenvalue weighted by Gasteiger charge is 2.25. The van der Waals surface area contributed by atoms with E-state index in [0.717, 1.165) is 33.3 Å². The first kappa shape index (κ1) is 25.8. The molecule has 6 aromatic carbocycles. The van der Waals surface area contributed by atoms with Crippen LogP contribution in [0.1, 0.15) is 26.3 Å². The van der Waals surface area contributed by atoms with Crippen molar-refractivity contribution >= 4 is 70.5 Å². The van der Waals surface area contributed by atoms with Gasteiger partial charge in [-0.3, -0.25) is 0 Å². The van der Waals surface area contributed by atoms with Gasteiger partial charge in [0.25, 0.3) is 0 Å². The van der Waals surface area contributed by atoms with Gasteiger partial charge in [-0.15, -0.1) is 11.3 Å². The van der Waals surface area contributed by atoms with Crippen LogP contribution in [0.2, 0.25) is 0 Å². The Bertz CT molecular complexity index is 2270. The van der Waals surface area contributed by atoms with Gasteiger partial charge in [0.05, 0.1) is 21.5 Å². The van der Waals surface area contributed by atoms with Gasteiger partial charge in [-0.05, 0) is 52.9 Å². The summed E-state index contributed by atoms with van der Waals surface area (Å²) in [6.45, 7) is 6.75. The minimum Gasteiger partial charge on any atom is -0.456 e. The first-order chi connectivity index (χ1) is 21.0. The molecule has 0 bridgehead atoms. The molecular weight excluding hydrogens is 543 g/mol. The molecule has 0 fully saturated rings. The second kappa shape index (κ2) is 9.86. The highest BCUT2D eigenvalue weighted by molar-refractivity contribution is 7.26. The maximum absolute atomic E-state index is 6.66. The first-order valence-electron chi connectivity index (χ1n) is 14.8. The standard InChI is InChI=1S/C40H31NOS/c1-40(2,3)32-17-9-16-31-37-33(18-11-20-35(37)42-38(31)32)41(28-24-22-27(23-25-28)26-12-5-4-6-13-26)34-19-10-15-30-29-14-7-8-21-36(29)43-39(30)34/h4-25H,1-3H3. The zero-order valence-electron chi connectivity index (χ0n) is 24.5. The molecule has 0 spiro atoms. The summed E-state index contributed by atoms with van der Waals surface area (Å²) in [6, 6.07) is 47.9. The fourth-order valence-electron chi connectivity index (χ4n) is 6.36. The van der Waals surface area contributed by atoms with E-state index in [2.05, 4.69) is 159 Å². The van der Waals surface area contributed by atoms with Gasteiger partial charge in [0.2, 0.25) is 0 Å². The van der Waals surface area contributed by atoms with Crippen LogP contribution in [0.5, 0.6) is 0 Å². The molecule has 2 nitrogen and oxygen atoms in total. The first-order valence-corrected chi connectivity index (χ1v) is 15.6. The van der Waals surface area contributed by atoms with Crippen LogP contribution in [0, 0.1) is 0 Å². The monoisotopic (exact) mass is 573 g/mol. The number of anilines is 3. The molecule has 2 heterocycles. The predicted octanol–water partition coefficient (Wildman–Crippen LogP) is 12.4. The highest BCUT2D eigenvalue weighted by atomic mass is 32.1. The second-order valence-electron chi connectivity index (χ2n) is 12.2. The van der Waals surface area contributed by atoms with Crippen LogP contribution in [0.3, 0.4) is 0 Å². The van der Waals surface area contributed by atoms with Crippen LogP contribution in [-0.2, 0) is 5.41 Å². The second-order valence-corrected chi connectivity index (χ2v) is 13.2. The van der Waals surface area contributed by atoms with Crippen LogP contribution in [-0.4, -0.2) is 0 Å². The lowest BCUT2D eigenvalue weighted by Gasteiger charge is -2.27. The van der Waals surface area contributed by atoms with E-state index in [1.807, 2.05) is 11.3 Å². The lowest BCUT2D eigenvalue weighted by atomic mass is 9.86. The van der Waals surface area contributed by atoms with Gasteiger partial charge >= 0.3 is 0 Å². The summed E-state index contributed by atoms with van der Waals surface area (Å²) < 4.78 is 9.23. The normalized spacial score (nSPS) is 12.1. The molecule has 0 N–H and O–H groups in total. The van der Waals surface area contributed by atoms with Crippen LogP contribution < -0.4 is 4.90 Å². The number of furan rings is 1.